The lowest BCUT2D eigenvalue weighted by Crippen LogP contribution is -2.25. The van der Waals surface area contributed by atoms with Gasteiger partial charge in [-0.15, -0.1) is 0 Å². The number of nitrogens with two attached hydrogens (primary N) is 1. The van der Waals surface area contributed by atoms with Crippen LogP contribution in [0.4, 0.5) is 24.5 Å². The van der Waals surface area contributed by atoms with Crippen LogP contribution in [0.25, 0.3) is 0 Å². The molecular weight excluding hydrogens is 379 g/mol. The first-order valence-corrected chi connectivity index (χ1v) is 8.61. The van der Waals surface area contributed by atoms with Crippen LogP contribution in [0.3, 0.4) is 0 Å². The Morgan fingerprint density at radius 2 is 1.93 bits per heavy atom. The highest BCUT2D eigenvalue weighted by molar-refractivity contribution is 6.31. The Morgan fingerprint density at radius 1 is 1.22 bits per heavy atom. The minimum Gasteiger partial charge on any atom is -0.399 e. The molecule has 0 aliphatic rings. The molecule has 2 aromatic carbocycles. The van der Waals surface area contributed by atoms with Crippen molar-refractivity contribution in [1.82, 2.24) is 4.90 Å². The minimum absolute atomic E-state index is 0.117. The summed E-state index contributed by atoms with van der Waals surface area (Å²) >= 11 is 5.69. The molecule has 146 valence electrons. The number of nitrogen functional groups attached to an aromatic ring is 1. The van der Waals surface area contributed by atoms with Gasteiger partial charge in [0.05, 0.1) is 10.6 Å². The number of alkyl halides is 3. The van der Waals surface area contributed by atoms with Crippen LogP contribution in [0.15, 0.2) is 42.5 Å². The lowest BCUT2D eigenvalue weighted by molar-refractivity contribution is -0.137. The molecule has 1 amide bonds. The van der Waals surface area contributed by atoms with Crippen LogP contribution < -0.4 is 11.1 Å². The number of anilines is 2. The first kappa shape index (κ1) is 21.1. The molecular formula is C19H21ClF3N3O. The van der Waals surface area contributed by atoms with Gasteiger partial charge in [-0.2, -0.15) is 13.2 Å². The zero-order valence-electron chi connectivity index (χ0n) is 15.0. The summed E-state index contributed by atoms with van der Waals surface area (Å²) in [6.45, 7) is 0.616. The highest BCUT2D eigenvalue weighted by Gasteiger charge is 2.33. The number of rotatable bonds is 6. The predicted octanol–water partition coefficient (Wildman–Crippen LogP) is 4.62. The maximum atomic E-state index is 12.8. The summed E-state index contributed by atoms with van der Waals surface area (Å²) in [5, 5.41) is 2.15. The van der Waals surface area contributed by atoms with Crippen molar-refractivity contribution in [3.05, 3.63) is 58.6 Å². The first-order valence-electron chi connectivity index (χ1n) is 8.23. The summed E-state index contributed by atoms with van der Waals surface area (Å²) in [6, 6.07) is 10.4. The Kier molecular flexibility index (Phi) is 6.73. The second kappa shape index (κ2) is 8.63. The van der Waals surface area contributed by atoms with Crippen molar-refractivity contribution in [1.29, 1.82) is 0 Å². The number of carbonyl (C=O) groups excluding carboxylic acids is 1. The Balaban J connectivity index is 2.13. The summed E-state index contributed by atoms with van der Waals surface area (Å²) in [7, 11) is 3.79. The van der Waals surface area contributed by atoms with E-state index in [1.54, 1.807) is 6.07 Å². The van der Waals surface area contributed by atoms with Gasteiger partial charge in [0.2, 0.25) is 5.91 Å². The Labute approximate surface area is 161 Å². The van der Waals surface area contributed by atoms with Crippen LogP contribution in [-0.2, 0) is 11.0 Å². The van der Waals surface area contributed by atoms with E-state index < -0.39 is 16.8 Å². The van der Waals surface area contributed by atoms with E-state index in [1.165, 1.54) is 6.07 Å². The standard InChI is InChI=1S/C19H21ClF3N3O/c1-26(2)11-13(12-4-3-5-14(24)8-12)9-18(27)25-15-6-7-16(17(20)10-15)19(21,22)23/h3-8,10,13H,9,11,24H2,1-2H3,(H,25,27). The third-order valence-corrected chi connectivity index (χ3v) is 4.27. The smallest absolute Gasteiger partial charge is 0.399 e. The van der Waals surface area contributed by atoms with Gasteiger partial charge >= 0.3 is 6.18 Å². The van der Waals surface area contributed by atoms with Crippen LogP contribution in [0, 0.1) is 0 Å². The molecule has 0 aromatic heterocycles. The highest BCUT2D eigenvalue weighted by Crippen LogP contribution is 2.36. The van der Waals surface area contributed by atoms with Crippen LogP contribution in [0.1, 0.15) is 23.5 Å². The largest absolute Gasteiger partial charge is 0.417 e. The molecule has 0 fully saturated rings. The molecule has 0 radical (unpaired) electrons. The summed E-state index contributed by atoms with van der Waals surface area (Å²) < 4.78 is 38.3. The van der Waals surface area contributed by atoms with E-state index in [4.69, 9.17) is 17.3 Å². The molecule has 0 saturated carbocycles. The van der Waals surface area contributed by atoms with Gasteiger partial charge in [0, 0.05) is 30.3 Å². The summed E-state index contributed by atoms with van der Waals surface area (Å²) in [5.41, 5.74) is 6.63. The third-order valence-electron chi connectivity index (χ3n) is 3.96. The molecule has 0 saturated heterocycles. The van der Waals surface area contributed by atoms with E-state index in [9.17, 15) is 18.0 Å². The molecule has 0 aliphatic carbocycles. The fraction of sp³-hybridized carbons (Fsp3) is 0.316. The predicted molar refractivity (Wildman–Crippen MR) is 102 cm³/mol. The van der Waals surface area contributed by atoms with Gasteiger partial charge in [-0.05, 0) is 50.0 Å². The van der Waals surface area contributed by atoms with Crippen LogP contribution in [0.2, 0.25) is 5.02 Å². The van der Waals surface area contributed by atoms with Gasteiger partial charge in [-0.1, -0.05) is 23.7 Å². The zero-order valence-corrected chi connectivity index (χ0v) is 15.7. The SMILES string of the molecule is CN(C)CC(CC(=O)Nc1ccc(C(F)(F)F)c(Cl)c1)c1cccc(N)c1. The number of carbonyl (C=O) groups is 1. The van der Waals surface area contributed by atoms with E-state index in [0.29, 0.717) is 12.2 Å². The highest BCUT2D eigenvalue weighted by atomic mass is 35.5. The van der Waals surface area contributed by atoms with E-state index in [2.05, 4.69) is 5.32 Å². The number of hydrogen-bond donors (Lipinski definition) is 2. The van der Waals surface area contributed by atoms with Gasteiger partial charge in [0.25, 0.3) is 0 Å². The van der Waals surface area contributed by atoms with Gasteiger partial charge in [0.1, 0.15) is 0 Å². The maximum Gasteiger partial charge on any atom is 0.417 e. The van der Waals surface area contributed by atoms with Crippen molar-refractivity contribution in [2.45, 2.75) is 18.5 Å². The number of nitrogens with one attached hydrogen (secondary N) is 1. The van der Waals surface area contributed by atoms with Crippen molar-refractivity contribution in [3.8, 4) is 0 Å². The topological polar surface area (TPSA) is 58.4 Å². The second-order valence-electron chi connectivity index (χ2n) is 6.57. The molecule has 4 nitrogen and oxygen atoms in total. The fourth-order valence-electron chi connectivity index (χ4n) is 2.80. The maximum absolute atomic E-state index is 12.8. The summed E-state index contributed by atoms with van der Waals surface area (Å²) in [6.07, 6.45) is -4.38. The summed E-state index contributed by atoms with van der Waals surface area (Å²) in [4.78, 5) is 14.4. The zero-order chi connectivity index (χ0) is 20.2. The molecule has 2 aromatic rings. The van der Waals surface area contributed by atoms with E-state index in [0.717, 1.165) is 17.7 Å². The van der Waals surface area contributed by atoms with Crippen molar-refractivity contribution < 1.29 is 18.0 Å². The van der Waals surface area contributed by atoms with Gasteiger partial charge < -0.3 is 16.0 Å². The number of nitrogens with zero attached hydrogens (tertiary/aromatic N) is 1. The Hall–Kier alpha value is -2.25. The van der Waals surface area contributed by atoms with Gasteiger partial charge in [-0.3, -0.25) is 4.79 Å². The molecule has 0 heterocycles. The number of likely N-dealkylation sites (N-methyl/N-ethyl adjacent to an activating group) is 1. The average Bonchev–Trinajstić information content (AvgIpc) is 2.52. The first-order chi connectivity index (χ1) is 12.6. The van der Waals surface area contributed by atoms with E-state index in [1.807, 2.05) is 37.2 Å². The molecule has 8 heteroatoms. The molecule has 1 unspecified atom stereocenters. The van der Waals surface area contributed by atoms with Crippen molar-refractivity contribution >= 4 is 28.9 Å². The summed E-state index contributed by atoms with van der Waals surface area (Å²) in [5.74, 6) is -0.437. The normalized spacial score (nSPS) is 12.9. The Morgan fingerprint density at radius 3 is 2.48 bits per heavy atom. The molecule has 0 aliphatic heterocycles. The quantitative estimate of drug-likeness (QED) is 0.697. The van der Waals surface area contributed by atoms with Crippen LogP contribution >= 0.6 is 11.6 Å². The van der Waals surface area contributed by atoms with E-state index >= 15 is 0 Å². The monoisotopic (exact) mass is 399 g/mol. The molecule has 3 N–H and O–H groups in total. The van der Waals surface area contributed by atoms with Crippen molar-refractivity contribution in [2.24, 2.45) is 0 Å². The lowest BCUT2D eigenvalue weighted by Gasteiger charge is -2.21. The molecule has 2 rings (SSSR count). The number of amides is 1. The van der Waals surface area contributed by atoms with Crippen molar-refractivity contribution in [3.63, 3.8) is 0 Å². The molecule has 27 heavy (non-hydrogen) atoms. The van der Waals surface area contributed by atoms with Gasteiger partial charge in [0.15, 0.2) is 0 Å². The average molecular weight is 400 g/mol. The number of benzene rings is 2. The fourth-order valence-corrected chi connectivity index (χ4v) is 3.09. The lowest BCUT2D eigenvalue weighted by atomic mass is 9.94. The van der Waals surface area contributed by atoms with Crippen molar-refractivity contribution in [2.75, 3.05) is 31.7 Å². The molecule has 0 spiro atoms. The molecule has 1 atom stereocenters. The van der Waals surface area contributed by atoms with E-state index in [-0.39, 0.29) is 23.9 Å². The third kappa shape index (κ3) is 6.15. The number of halogens is 4. The second-order valence-corrected chi connectivity index (χ2v) is 6.98. The number of hydrogen-bond acceptors (Lipinski definition) is 3. The van der Waals surface area contributed by atoms with Crippen LogP contribution in [-0.4, -0.2) is 31.4 Å². The molecule has 0 bridgehead atoms. The Bertz CT molecular complexity index is 809. The minimum atomic E-state index is -4.54. The van der Waals surface area contributed by atoms with Crippen LogP contribution in [0.5, 0.6) is 0 Å². The van der Waals surface area contributed by atoms with Gasteiger partial charge in [-0.25, -0.2) is 0 Å².